The zero-order valence-corrected chi connectivity index (χ0v) is 22.0. The number of hydrazine groups is 3. The number of rotatable bonds is 5. The van der Waals surface area contributed by atoms with Gasteiger partial charge >= 0.3 is 135 Å². The number of benzene rings is 3. The molecule has 1 aliphatic heterocycles. The van der Waals surface area contributed by atoms with E-state index in [0.29, 0.717) is 5.70 Å². The Labute approximate surface area is 226 Å². The van der Waals surface area contributed by atoms with Crippen molar-refractivity contribution in [2.75, 3.05) is 5.43 Å². The van der Waals surface area contributed by atoms with Gasteiger partial charge < -0.3 is 9.67 Å². The molecule has 2 heterocycles. The molecular weight excluding hydrogens is 465 g/mol. The molecule has 4 N–H and O–H groups in total. The third-order valence-corrected chi connectivity index (χ3v) is 5.97. The summed E-state index contributed by atoms with van der Waals surface area (Å²) in [6.07, 6.45) is 5.89. The molecule has 3 aromatic carbocycles. The first-order chi connectivity index (χ1) is 17.4. The summed E-state index contributed by atoms with van der Waals surface area (Å²) in [6.45, 7) is 1.08. The second-order valence-electron chi connectivity index (χ2n) is 8.20. The summed E-state index contributed by atoms with van der Waals surface area (Å²) >= 11 is 1.01. The van der Waals surface area contributed by atoms with Gasteiger partial charge in [-0.15, -0.1) is 0 Å². The number of carboxylic acid groups (broad SMARTS) is 1. The first-order valence-corrected chi connectivity index (χ1v) is 12.3. The number of amides is 1. The zero-order valence-electron chi connectivity index (χ0n) is 20.0. The molecule has 0 bridgehead atoms. The maximum absolute atomic E-state index is 12.3. The molecule has 1 fully saturated rings. The zero-order chi connectivity index (χ0) is 25.5. The number of hydrogen-bond donors (Lipinski definition) is 4. The van der Waals surface area contributed by atoms with Crippen molar-refractivity contribution < 1.29 is 14.7 Å². The van der Waals surface area contributed by atoms with Crippen LogP contribution in [0.3, 0.4) is 0 Å². The summed E-state index contributed by atoms with van der Waals surface area (Å²) in [4.78, 5) is 21.3. The third kappa shape index (κ3) is 6.87. The van der Waals surface area contributed by atoms with Gasteiger partial charge in [-0.05, 0) is 35.4 Å². The van der Waals surface area contributed by atoms with Crippen molar-refractivity contribution in [3.8, 4) is 16.8 Å². The molecule has 0 aliphatic carbocycles. The molecule has 0 unspecified atom stereocenters. The molecule has 0 spiro atoms. The van der Waals surface area contributed by atoms with Crippen LogP contribution in [0.2, 0.25) is 0 Å². The van der Waals surface area contributed by atoms with E-state index in [2.05, 4.69) is 69.4 Å². The molecule has 1 amide bonds. The molecule has 9 heteroatoms. The van der Waals surface area contributed by atoms with Crippen LogP contribution in [0.1, 0.15) is 12.5 Å². The van der Waals surface area contributed by atoms with Crippen LogP contribution in [0, 0.1) is 0 Å². The summed E-state index contributed by atoms with van der Waals surface area (Å²) in [6, 6.07) is 28.7. The number of anilines is 1. The Hall–Kier alpha value is -3.82. The van der Waals surface area contributed by atoms with Crippen molar-refractivity contribution >= 4 is 54.4 Å². The van der Waals surface area contributed by atoms with Gasteiger partial charge in [-0.2, -0.15) is 0 Å². The monoisotopic (exact) mass is 489 g/mol. The van der Waals surface area contributed by atoms with Crippen LogP contribution in [0.4, 0.5) is 5.69 Å². The predicted octanol–water partition coefficient (Wildman–Crippen LogP) is 3.25. The van der Waals surface area contributed by atoms with Gasteiger partial charge in [0.25, 0.3) is 5.97 Å². The summed E-state index contributed by atoms with van der Waals surface area (Å²) in [5.74, 6) is -1.03. The van der Waals surface area contributed by atoms with E-state index in [4.69, 9.17) is 9.90 Å². The van der Waals surface area contributed by atoms with E-state index in [1.165, 1.54) is 8.04 Å². The Morgan fingerprint density at radius 1 is 0.889 bits per heavy atom. The van der Waals surface area contributed by atoms with E-state index in [9.17, 15) is 4.79 Å². The molecular formula is C27H24N5NaO3. The average molecular weight is 490 g/mol. The molecule has 0 radical (unpaired) electrons. The van der Waals surface area contributed by atoms with E-state index in [0.717, 1.165) is 62.9 Å². The fraction of sp³-hybridized carbons (Fsp3) is 0.0370. The Balaban J connectivity index is 0.000000709. The fourth-order valence-corrected chi connectivity index (χ4v) is 3.88. The Morgan fingerprint density at radius 2 is 1.44 bits per heavy atom. The topological polar surface area (TPSA) is 98.6 Å². The number of aromatic nitrogens is 1. The standard InChI is InChI=1S/C25H20N5O.C2H4O2.Na/c31-25-24(27-30(28-25)26-22-6-2-1-3-7-22)18-19-8-10-20(11-9-19)21-12-14-23(15-13-21)29-16-4-5-17-29;1-2(3)4;/h2-18,26-27H,(H,28,31);1H3,(H,3,4);. The molecule has 36 heavy (non-hydrogen) atoms. The van der Waals surface area contributed by atoms with Crippen LogP contribution < -0.4 is 19.1 Å². The number of carbonyl (C=O) groups excluding carboxylic acids is 1. The number of nitrogens with zero attached hydrogens (tertiary/aromatic N) is 2. The molecule has 1 aromatic heterocycles. The van der Waals surface area contributed by atoms with Crippen molar-refractivity contribution in [3.05, 3.63) is 109 Å². The van der Waals surface area contributed by atoms with Gasteiger partial charge in [-0.1, -0.05) is 12.1 Å². The van der Waals surface area contributed by atoms with Crippen LogP contribution >= 0.6 is 0 Å². The van der Waals surface area contributed by atoms with Crippen LogP contribution in [-0.2, 0) is 9.59 Å². The Morgan fingerprint density at radius 3 is 2.03 bits per heavy atom. The maximum atomic E-state index is 12.3. The van der Waals surface area contributed by atoms with Crippen LogP contribution in [0.25, 0.3) is 22.9 Å². The second-order valence-corrected chi connectivity index (χ2v) is 9.36. The molecule has 0 atom stereocenters. The van der Waals surface area contributed by atoms with Crippen molar-refractivity contribution in [1.29, 1.82) is 0 Å². The number of carbonyl (C=O) groups is 2. The van der Waals surface area contributed by atoms with Crippen molar-refractivity contribution in [3.63, 3.8) is 0 Å². The molecule has 0 saturated carbocycles. The normalized spacial score (nSPS) is 14.0. The number of hydrogen-bond acceptors (Lipinski definition) is 5. The van der Waals surface area contributed by atoms with Crippen molar-refractivity contribution in [2.45, 2.75) is 6.92 Å². The van der Waals surface area contributed by atoms with E-state index in [1.807, 2.05) is 54.9 Å². The van der Waals surface area contributed by atoms with Gasteiger partial charge in [0.1, 0.15) is 0 Å². The minimum absolute atomic E-state index is 0.193. The van der Waals surface area contributed by atoms with Crippen LogP contribution in [0.5, 0.6) is 0 Å². The first-order valence-electron chi connectivity index (χ1n) is 11.3. The number of nitrogens with one attached hydrogen (secondary N) is 3. The number of carboxylic acids is 1. The molecule has 4 aromatic rings. The van der Waals surface area contributed by atoms with Crippen LogP contribution in [0.15, 0.2) is 103 Å². The molecule has 8 nitrogen and oxygen atoms in total. The Kier molecular flexibility index (Phi) is 8.24. The van der Waals surface area contributed by atoms with Gasteiger partial charge in [0.15, 0.2) is 0 Å². The fourth-order valence-electron chi connectivity index (χ4n) is 3.54. The van der Waals surface area contributed by atoms with E-state index in [-0.39, 0.29) is 5.91 Å². The van der Waals surface area contributed by atoms with Gasteiger partial charge in [0, 0.05) is 25.0 Å². The Bertz CT molecular complexity index is 1350. The van der Waals surface area contributed by atoms with Crippen molar-refractivity contribution in [2.24, 2.45) is 0 Å². The van der Waals surface area contributed by atoms with Gasteiger partial charge in [0.05, 0.1) is 0 Å². The third-order valence-electron chi connectivity index (χ3n) is 5.31. The van der Waals surface area contributed by atoms with E-state index < -0.39 is 5.97 Å². The summed E-state index contributed by atoms with van der Waals surface area (Å²) in [5.41, 5.74) is 14.6. The predicted molar refractivity (Wildman–Crippen MR) is 141 cm³/mol. The SMILES string of the molecule is CC(=O)O.O=C1NN(Nc2cc[c]([Na])cc2)NC1=Cc1ccc(-c2ccc(-n3cccc3)cc2)cc1. The van der Waals surface area contributed by atoms with Crippen LogP contribution in [-0.4, -0.2) is 54.7 Å². The van der Waals surface area contributed by atoms with E-state index in [1.54, 1.807) is 0 Å². The first kappa shape index (κ1) is 25.3. The molecule has 1 aliphatic rings. The summed E-state index contributed by atoms with van der Waals surface area (Å²) in [7, 11) is 0. The van der Waals surface area contributed by atoms with E-state index >= 15 is 0 Å². The van der Waals surface area contributed by atoms with Gasteiger partial charge in [-0.3, -0.25) is 4.79 Å². The minimum atomic E-state index is -0.833. The molecule has 176 valence electrons. The van der Waals surface area contributed by atoms with Crippen molar-refractivity contribution in [1.82, 2.24) is 20.6 Å². The van der Waals surface area contributed by atoms with Gasteiger partial charge in [-0.25, -0.2) is 0 Å². The summed E-state index contributed by atoms with van der Waals surface area (Å²) < 4.78 is 3.40. The quantitative estimate of drug-likeness (QED) is 0.254. The second kappa shape index (κ2) is 11.7. The average Bonchev–Trinajstić information content (AvgIpc) is 3.51. The number of aliphatic carboxylic acids is 1. The summed E-state index contributed by atoms with van der Waals surface area (Å²) in [5, 5.41) is 8.89. The van der Waals surface area contributed by atoms with Gasteiger partial charge in [0.2, 0.25) is 0 Å². The molecule has 5 rings (SSSR count). The molecule has 1 saturated heterocycles.